The van der Waals surface area contributed by atoms with Crippen LogP contribution in [0.2, 0.25) is 0 Å². The molecule has 1 aromatic rings. The largest absolute Gasteiger partial charge is 0.465 e. The molecule has 17 heavy (non-hydrogen) atoms. The lowest BCUT2D eigenvalue weighted by Gasteiger charge is -2.28. The molecule has 1 fully saturated rings. The van der Waals surface area contributed by atoms with E-state index < -0.39 is 0 Å². The van der Waals surface area contributed by atoms with Gasteiger partial charge in [0.1, 0.15) is 0 Å². The van der Waals surface area contributed by atoms with Crippen LogP contribution in [0.15, 0.2) is 12.1 Å². The van der Waals surface area contributed by atoms with E-state index in [0.29, 0.717) is 17.3 Å². The van der Waals surface area contributed by atoms with Gasteiger partial charge in [-0.3, -0.25) is 0 Å². The number of ether oxygens (including phenoxy) is 1. The van der Waals surface area contributed by atoms with E-state index in [4.69, 9.17) is 10.5 Å². The van der Waals surface area contributed by atoms with Gasteiger partial charge in [-0.1, -0.05) is 0 Å². The lowest BCUT2D eigenvalue weighted by atomic mass is 9.92. The summed E-state index contributed by atoms with van der Waals surface area (Å²) in [5.41, 5.74) is 8.66. The third kappa shape index (κ3) is 2.35. The van der Waals surface area contributed by atoms with Gasteiger partial charge in [-0.25, -0.2) is 4.79 Å². The zero-order valence-electron chi connectivity index (χ0n) is 10.2. The summed E-state index contributed by atoms with van der Waals surface area (Å²) >= 11 is 0. The van der Waals surface area contributed by atoms with Gasteiger partial charge in [-0.05, 0) is 43.9 Å². The molecule has 0 aromatic heterocycles. The number of nitrogens with one attached hydrogen (secondary N) is 1. The molecule has 3 N–H and O–H groups in total. The van der Waals surface area contributed by atoms with E-state index in [0.717, 1.165) is 11.3 Å². The molecule has 0 radical (unpaired) electrons. The number of hydrogen-bond acceptors (Lipinski definition) is 4. The number of hydrogen-bond donors (Lipinski definition) is 2. The third-order valence-electron chi connectivity index (χ3n) is 3.27. The molecule has 4 nitrogen and oxygen atoms in total. The van der Waals surface area contributed by atoms with Crippen molar-refractivity contribution in [2.24, 2.45) is 0 Å². The number of esters is 1. The Labute approximate surface area is 101 Å². The van der Waals surface area contributed by atoms with Crippen LogP contribution in [-0.4, -0.2) is 19.1 Å². The number of carbonyl (C=O) groups is 1. The molecular weight excluding hydrogens is 216 g/mol. The van der Waals surface area contributed by atoms with Gasteiger partial charge in [0.25, 0.3) is 0 Å². The van der Waals surface area contributed by atoms with Crippen LogP contribution in [0.25, 0.3) is 0 Å². The van der Waals surface area contributed by atoms with Crippen molar-refractivity contribution in [1.82, 2.24) is 0 Å². The summed E-state index contributed by atoms with van der Waals surface area (Å²) in [7, 11) is 1.36. The van der Waals surface area contributed by atoms with E-state index in [2.05, 4.69) is 5.32 Å². The van der Waals surface area contributed by atoms with Crippen LogP contribution in [0, 0.1) is 6.92 Å². The quantitative estimate of drug-likeness (QED) is 0.622. The number of nitrogen functional groups attached to an aromatic ring is 1. The van der Waals surface area contributed by atoms with Gasteiger partial charge >= 0.3 is 5.97 Å². The Morgan fingerprint density at radius 1 is 1.47 bits per heavy atom. The summed E-state index contributed by atoms with van der Waals surface area (Å²) in [5, 5.41) is 3.40. The number of aryl methyl sites for hydroxylation is 1. The molecule has 92 valence electrons. The molecule has 0 atom stereocenters. The van der Waals surface area contributed by atoms with Gasteiger partial charge in [-0.2, -0.15) is 0 Å². The van der Waals surface area contributed by atoms with Crippen LogP contribution in [0.5, 0.6) is 0 Å². The topological polar surface area (TPSA) is 64.3 Å². The van der Waals surface area contributed by atoms with E-state index in [9.17, 15) is 4.79 Å². The summed E-state index contributed by atoms with van der Waals surface area (Å²) in [5.74, 6) is -0.386. The molecular formula is C13H18N2O2. The SMILES string of the molecule is COC(=O)c1cc(NC2CCC2)cc(C)c1N. The van der Waals surface area contributed by atoms with E-state index in [1.807, 2.05) is 13.0 Å². The van der Waals surface area contributed by atoms with Crippen LogP contribution in [0.1, 0.15) is 35.2 Å². The van der Waals surface area contributed by atoms with Gasteiger partial charge in [0.2, 0.25) is 0 Å². The lowest BCUT2D eigenvalue weighted by Crippen LogP contribution is -2.27. The highest BCUT2D eigenvalue weighted by molar-refractivity contribution is 5.97. The second kappa shape index (κ2) is 4.65. The van der Waals surface area contributed by atoms with Crippen LogP contribution in [-0.2, 0) is 4.74 Å². The Morgan fingerprint density at radius 3 is 2.71 bits per heavy atom. The summed E-state index contributed by atoms with van der Waals surface area (Å²) in [4.78, 5) is 11.6. The number of nitrogens with two attached hydrogens (primary N) is 1. The van der Waals surface area contributed by atoms with Gasteiger partial charge < -0.3 is 15.8 Å². The second-order valence-corrected chi connectivity index (χ2v) is 4.52. The lowest BCUT2D eigenvalue weighted by molar-refractivity contribution is 0.0602. The molecule has 0 heterocycles. The summed E-state index contributed by atoms with van der Waals surface area (Å²) in [6.45, 7) is 1.90. The monoisotopic (exact) mass is 234 g/mol. The van der Waals surface area contributed by atoms with Crippen LogP contribution in [0.3, 0.4) is 0 Å². The Hall–Kier alpha value is -1.71. The van der Waals surface area contributed by atoms with Crippen molar-refractivity contribution in [3.63, 3.8) is 0 Å². The van der Waals surface area contributed by atoms with Crippen molar-refractivity contribution in [1.29, 1.82) is 0 Å². The van der Waals surface area contributed by atoms with Crippen molar-refractivity contribution in [3.8, 4) is 0 Å². The first-order valence-electron chi connectivity index (χ1n) is 5.87. The summed E-state index contributed by atoms with van der Waals surface area (Å²) in [6, 6.07) is 4.27. The zero-order chi connectivity index (χ0) is 12.4. The molecule has 1 aliphatic rings. The molecule has 0 amide bonds. The molecule has 1 saturated carbocycles. The fourth-order valence-electron chi connectivity index (χ4n) is 1.95. The molecule has 0 bridgehead atoms. The second-order valence-electron chi connectivity index (χ2n) is 4.52. The molecule has 0 unspecified atom stereocenters. The van der Waals surface area contributed by atoms with E-state index >= 15 is 0 Å². The predicted molar refractivity (Wildman–Crippen MR) is 68.2 cm³/mol. The number of carbonyl (C=O) groups excluding carboxylic acids is 1. The first-order chi connectivity index (χ1) is 8.11. The van der Waals surface area contributed by atoms with Gasteiger partial charge in [0.15, 0.2) is 0 Å². The Bertz CT molecular complexity index is 439. The first-order valence-corrected chi connectivity index (χ1v) is 5.87. The maximum Gasteiger partial charge on any atom is 0.340 e. The van der Waals surface area contributed by atoms with Gasteiger partial charge in [0, 0.05) is 17.4 Å². The van der Waals surface area contributed by atoms with Crippen molar-refractivity contribution < 1.29 is 9.53 Å². The fourth-order valence-corrected chi connectivity index (χ4v) is 1.95. The van der Waals surface area contributed by atoms with Crippen molar-refractivity contribution in [2.45, 2.75) is 32.2 Å². The third-order valence-corrected chi connectivity index (χ3v) is 3.27. The van der Waals surface area contributed by atoms with Gasteiger partial charge in [0.05, 0.1) is 12.7 Å². The number of methoxy groups -OCH3 is 1. The summed E-state index contributed by atoms with van der Waals surface area (Å²) < 4.78 is 4.73. The first kappa shape index (κ1) is 11.8. The summed E-state index contributed by atoms with van der Waals surface area (Å²) in [6.07, 6.45) is 3.66. The highest BCUT2D eigenvalue weighted by Gasteiger charge is 2.19. The minimum Gasteiger partial charge on any atom is -0.465 e. The van der Waals surface area contributed by atoms with Crippen LogP contribution < -0.4 is 11.1 Å². The molecule has 2 rings (SSSR count). The zero-order valence-corrected chi connectivity index (χ0v) is 10.2. The number of anilines is 2. The fraction of sp³-hybridized carbons (Fsp3) is 0.462. The predicted octanol–water partition coefficient (Wildman–Crippen LogP) is 2.33. The minimum atomic E-state index is -0.386. The number of rotatable bonds is 3. The van der Waals surface area contributed by atoms with E-state index in [-0.39, 0.29) is 5.97 Å². The normalized spacial score (nSPS) is 15.2. The maximum atomic E-state index is 11.6. The Morgan fingerprint density at radius 2 is 2.18 bits per heavy atom. The molecule has 0 aliphatic heterocycles. The van der Waals surface area contributed by atoms with Crippen LogP contribution >= 0.6 is 0 Å². The van der Waals surface area contributed by atoms with Crippen molar-refractivity contribution >= 4 is 17.3 Å². The average Bonchev–Trinajstić information content (AvgIpc) is 2.27. The van der Waals surface area contributed by atoms with Gasteiger partial charge in [-0.15, -0.1) is 0 Å². The average molecular weight is 234 g/mol. The minimum absolute atomic E-state index is 0.386. The smallest absolute Gasteiger partial charge is 0.340 e. The Kier molecular flexibility index (Phi) is 3.22. The van der Waals surface area contributed by atoms with Crippen molar-refractivity contribution in [3.05, 3.63) is 23.3 Å². The molecule has 1 aliphatic carbocycles. The Balaban J connectivity index is 2.27. The number of benzene rings is 1. The maximum absolute atomic E-state index is 11.6. The van der Waals surface area contributed by atoms with Crippen LogP contribution in [0.4, 0.5) is 11.4 Å². The molecule has 4 heteroatoms. The highest BCUT2D eigenvalue weighted by Crippen LogP contribution is 2.27. The molecule has 0 spiro atoms. The molecule has 1 aromatic carbocycles. The van der Waals surface area contributed by atoms with Crippen molar-refractivity contribution in [2.75, 3.05) is 18.2 Å². The van der Waals surface area contributed by atoms with E-state index in [1.165, 1.54) is 26.4 Å². The molecule has 0 saturated heterocycles. The highest BCUT2D eigenvalue weighted by atomic mass is 16.5. The standard InChI is InChI=1S/C13H18N2O2/c1-8-6-10(15-9-4-3-5-9)7-11(12(8)14)13(16)17-2/h6-7,9,15H,3-5,14H2,1-2H3. The van der Waals surface area contributed by atoms with E-state index in [1.54, 1.807) is 6.07 Å².